The van der Waals surface area contributed by atoms with E-state index < -0.39 is 24.0 Å². The molecule has 2 N–H and O–H groups in total. The van der Waals surface area contributed by atoms with Crippen molar-refractivity contribution in [3.05, 3.63) is 47.0 Å². The van der Waals surface area contributed by atoms with Gasteiger partial charge in [0, 0.05) is 11.1 Å². The van der Waals surface area contributed by atoms with Gasteiger partial charge in [-0.05, 0) is 12.5 Å². The molecule has 5 nitrogen and oxygen atoms in total. The van der Waals surface area contributed by atoms with E-state index in [1.807, 2.05) is 12.2 Å². The summed E-state index contributed by atoms with van der Waals surface area (Å²) in [5, 5.41) is 4.72. The molecule has 0 aliphatic carbocycles. The lowest BCUT2D eigenvalue weighted by Gasteiger charge is -2.19. The summed E-state index contributed by atoms with van der Waals surface area (Å²) in [5.74, 6) is -2.63. The smallest absolute Gasteiger partial charge is 0.341 e. The average Bonchev–Trinajstić information content (AvgIpc) is 2.91. The summed E-state index contributed by atoms with van der Waals surface area (Å²) >= 11 is 1.25. The summed E-state index contributed by atoms with van der Waals surface area (Å²) in [6.45, 7) is 1.81. The van der Waals surface area contributed by atoms with Crippen LogP contribution in [0.3, 0.4) is 0 Å². The summed E-state index contributed by atoms with van der Waals surface area (Å²) in [7, 11) is 0. The van der Waals surface area contributed by atoms with Crippen LogP contribution in [0.1, 0.15) is 22.9 Å². The second-order valence-electron chi connectivity index (χ2n) is 4.96. The van der Waals surface area contributed by atoms with Gasteiger partial charge >= 0.3 is 12.1 Å². The SMILES string of the molecule is Cc1cnc(NC(=O)CC(NC(=O)C(F)(F)F)c2ccccc2)s1. The molecule has 1 atom stereocenters. The van der Waals surface area contributed by atoms with Crippen molar-refractivity contribution in [2.75, 3.05) is 5.32 Å². The molecule has 0 spiro atoms. The van der Waals surface area contributed by atoms with Gasteiger partial charge in [0.05, 0.1) is 12.5 Å². The van der Waals surface area contributed by atoms with Crippen LogP contribution in [0.25, 0.3) is 0 Å². The Kier molecular flexibility index (Phi) is 5.55. The Morgan fingerprint density at radius 1 is 1.25 bits per heavy atom. The molecular weight excluding hydrogens is 343 g/mol. The Labute approximate surface area is 139 Å². The number of aryl methyl sites for hydroxylation is 1. The Hall–Kier alpha value is -2.42. The number of nitrogens with zero attached hydrogens (tertiary/aromatic N) is 1. The molecule has 24 heavy (non-hydrogen) atoms. The number of amides is 2. The number of aromatic nitrogens is 1. The van der Waals surface area contributed by atoms with Crippen molar-refractivity contribution < 1.29 is 22.8 Å². The average molecular weight is 357 g/mol. The van der Waals surface area contributed by atoms with Gasteiger partial charge in [0.2, 0.25) is 5.91 Å². The summed E-state index contributed by atoms with van der Waals surface area (Å²) in [5.41, 5.74) is 0.403. The standard InChI is InChI=1S/C15H14F3N3O2S/c1-9-8-19-14(24-9)21-12(22)7-11(10-5-3-2-4-6-10)20-13(23)15(16,17)18/h2-6,8,11H,7H2,1H3,(H,20,23)(H,19,21,22). The molecule has 0 saturated heterocycles. The number of rotatable bonds is 5. The monoisotopic (exact) mass is 357 g/mol. The molecule has 2 rings (SSSR count). The lowest BCUT2D eigenvalue weighted by molar-refractivity contribution is -0.174. The Bertz CT molecular complexity index is 716. The maximum atomic E-state index is 12.5. The molecule has 1 heterocycles. The number of hydrogen-bond acceptors (Lipinski definition) is 4. The highest BCUT2D eigenvalue weighted by Gasteiger charge is 2.40. The molecule has 128 valence electrons. The zero-order valence-corrected chi connectivity index (χ0v) is 13.4. The zero-order chi connectivity index (χ0) is 17.7. The third kappa shape index (κ3) is 5.05. The molecule has 0 saturated carbocycles. The molecule has 9 heteroatoms. The number of alkyl halides is 3. The molecule has 0 radical (unpaired) electrons. The molecule has 1 unspecified atom stereocenters. The first-order chi connectivity index (χ1) is 11.3. The lowest BCUT2D eigenvalue weighted by Crippen LogP contribution is -2.40. The first-order valence-corrected chi connectivity index (χ1v) is 7.72. The van der Waals surface area contributed by atoms with E-state index in [0.29, 0.717) is 10.7 Å². The summed E-state index contributed by atoms with van der Waals surface area (Å²) in [6.07, 6.45) is -3.79. The fourth-order valence-electron chi connectivity index (χ4n) is 1.95. The van der Waals surface area contributed by atoms with Crippen LogP contribution in [0, 0.1) is 6.92 Å². The Morgan fingerprint density at radius 2 is 1.92 bits per heavy atom. The van der Waals surface area contributed by atoms with Crippen LogP contribution in [0.5, 0.6) is 0 Å². The third-order valence-corrected chi connectivity index (χ3v) is 3.85. The number of carbonyl (C=O) groups excluding carboxylic acids is 2. The van der Waals surface area contributed by atoms with Crippen molar-refractivity contribution in [1.82, 2.24) is 10.3 Å². The highest BCUT2D eigenvalue weighted by atomic mass is 32.1. The van der Waals surface area contributed by atoms with Crippen molar-refractivity contribution >= 4 is 28.3 Å². The van der Waals surface area contributed by atoms with Gasteiger partial charge in [-0.15, -0.1) is 11.3 Å². The van der Waals surface area contributed by atoms with Gasteiger partial charge in [-0.2, -0.15) is 13.2 Å². The summed E-state index contributed by atoms with van der Waals surface area (Å²) in [4.78, 5) is 28.1. The van der Waals surface area contributed by atoms with Crippen LogP contribution in [0.15, 0.2) is 36.5 Å². The second-order valence-corrected chi connectivity index (χ2v) is 6.20. The topological polar surface area (TPSA) is 71.1 Å². The summed E-state index contributed by atoms with van der Waals surface area (Å²) in [6, 6.07) is 6.91. The number of anilines is 1. The molecule has 0 aliphatic heterocycles. The Morgan fingerprint density at radius 3 is 2.46 bits per heavy atom. The highest BCUT2D eigenvalue weighted by Crippen LogP contribution is 2.23. The van der Waals surface area contributed by atoms with Gasteiger partial charge in [-0.1, -0.05) is 30.3 Å². The molecule has 0 bridgehead atoms. The fourth-order valence-corrected chi connectivity index (χ4v) is 2.63. The number of thiazole rings is 1. The quantitative estimate of drug-likeness (QED) is 0.863. The van der Waals surface area contributed by atoms with Crippen molar-refractivity contribution in [1.29, 1.82) is 0 Å². The minimum absolute atomic E-state index is 0.343. The predicted octanol–water partition coefficient (Wildman–Crippen LogP) is 3.20. The van der Waals surface area contributed by atoms with E-state index >= 15 is 0 Å². The van der Waals surface area contributed by atoms with E-state index in [4.69, 9.17) is 0 Å². The van der Waals surface area contributed by atoms with Gasteiger partial charge in [0.25, 0.3) is 0 Å². The van der Waals surface area contributed by atoms with E-state index in [2.05, 4.69) is 10.3 Å². The van der Waals surface area contributed by atoms with Crippen LogP contribution in [0.2, 0.25) is 0 Å². The fraction of sp³-hybridized carbons (Fsp3) is 0.267. The predicted molar refractivity (Wildman–Crippen MR) is 83.5 cm³/mol. The number of benzene rings is 1. The largest absolute Gasteiger partial charge is 0.471 e. The van der Waals surface area contributed by atoms with Crippen LogP contribution in [-0.4, -0.2) is 23.0 Å². The van der Waals surface area contributed by atoms with Gasteiger partial charge in [0.1, 0.15) is 0 Å². The van der Waals surface area contributed by atoms with E-state index in [1.165, 1.54) is 11.3 Å². The minimum Gasteiger partial charge on any atom is -0.341 e. The van der Waals surface area contributed by atoms with Gasteiger partial charge in [0.15, 0.2) is 5.13 Å². The zero-order valence-electron chi connectivity index (χ0n) is 12.6. The molecule has 1 aromatic carbocycles. The molecule has 0 fully saturated rings. The minimum atomic E-state index is -5.02. The second kappa shape index (κ2) is 7.43. The maximum Gasteiger partial charge on any atom is 0.471 e. The van der Waals surface area contributed by atoms with E-state index in [1.54, 1.807) is 36.5 Å². The molecule has 0 aliphatic rings. The first kappa shape index (κ1) is 17.9. The van der Waals surface area contributed by atoms with Gasteiger partial charge in [-0.3, -0.25) is 9.59 Å². The number of nitrogens with one attached hydrogen (secondary N) is 2. The first-order valence-electron chi connectivity index (χ1n) is 6.90. The van der Waals surface area contributed by atoms with Gasteiger partial charge in [-0.25, -0.2) is 4.98 Å². The normalized spacial score (nSPS) is 12.5. The third-order valence-electron chi connectivity index (χ3n) is 3.02. The number of carbonyl (C=O) groups is 2. The maximum absolute atomic E-state index is 12.5. The van der Waals surface area contributed by atoms with Crippen LogP contribution in [-0.2, 0) is 9.59 Å². The molecule has 2 amide bonds. The van der Waals surface area contributed by atoms with Crippen molar-refractivity contribution in [3.63, 3.8) is 0 Å². The molecular formula is C15H14F3N3O2S. The van der Waals surface area contributed by atoms with Crippen LogP contribution < -0.4 is 10.6 Å². The van der Waals surface area contributed by atoms with E-state index in [-0.39, 0.29) is 6.42 Å². The van der Waals surface area contributed by atoms with Crippen LogP contribution >= 0.6 is 11.3 Å². The van der Waals surface area contributed by atoms with Crippen molar-refractivity contribution in [2.45, 2.75) is 25.6 Å². The van der Waals surface area contributed by atoms with E-state index in [9.17, 15) is 22.8 Å². The lowest BCUT2D eigenvalue weighted by atomic mass is 10.0. The van der Waals surface area contributed by atoms with E-state index in [0.717, 1.165) is 4.88 Å². The van der Waals surface area contributed by atoms with Crippen molar-refractivity contribution in [2.24, 2.45) is 0 Å². The van der Waals surface area contributed by atoms with Crippen LogP contribution in [0.4, 0.5) is 18.3 Å². The Balaban J connectivity index is 2.10. The highest BCUT2D eigenvalue weighted by molar-refractivity contribution is 7.15. The van der Waals surface area contributed by atoms with Gasteiger partial charge < -0.3 is 10.6 Å². The number of halogens is 3. The van der Waals surface area contributed by atoms with Crippen molar-refractivity contribution in [3.8, 4) is 0 Å². The molecule has 2 aromatic rings. The molecule has 1 aromatic heterocycles. The number of hydrogen-bond donors (Lipinski definition) is 2. The summed E-state index contributed by atoms with van der Waals surface area (Å²) < 4.78 is 37.5.